The van der Waals surface area contributed by atoms with E-state index in [2.05, 4.69) is 249 Å². The molecule has 2 fully saturated rings. The molecule has 0 amide bonds. The van der Waals surface area contributed by atoms with E-state index in [1.807, 2.05) is 0 Å². The summed E-state index contributed by atoms with van der Waals surface area (Å²) in [7, 11) is 0. The lowest BCUT2D eigenvalue weighted by Gasteiger charge is -2.31. The van der Waals surface area contributed by atoms with Crippen molar-refractivity contribution in [3.63, 3.8) is 0 Å². The maximum absolute atomic E-state index is 2.55. The average molecular weight is 982 g/mol. The van der Waals surface area contributed by atoms with E-state index in [9.17, 15) is 0 Å². The minimum Gasteiger partial charge on any atom is -0.310 e. The smallest absolute Gasteiger partial charge is 0.0543 e. The molecule has 1 heteroatoms. The van der Waals surface area contributed by atoms with Gasteiger partial charge in [-0.2, -0.15) is 0 Å². The number of nitrogens with zero attached hydrogens (tertiary/aromatic N) is 1. The molecule has 0 aliphatic heterocycles. The quantitative estimate of drug-likeness (QED) is 0.154. The van der Waals surface area contributed by atoms with Crippen LogP contribution in [0.25, 0.3) is 44.2 Å². The molecule has 0 radical (unpaired) electrons. The second-order valence-electron chi connectivity index (χ2n) is 23.0. The minimum absolute atomic E-state index is 0.101. The summed E-state index contributed by atoms with van der Waals surface area (Å²) in [6.45, 7) is 20.2. The van der Waals surface area contributed by atoms with Crippen molar-refractivity contribution >= 4 is 27.8 Å². The van der Waals surface area contributed by atoms with Crippen molar-refractivity contribution in [3.05, 3.63) is 243 Å². The van der Waals surface area contributed by atoms with Crippen LogP contribution in [-0.2, 0) is 5.41 Å². The predicted molar refractivity (Wildman–Crippen MR) is 325 cm³/mol. The van der Waals surface area contributed by atoms with Crippen molar-refractivity contribution in [1.82, 2.24) is 0 Å². The first-order valence-electron chi connectivity index (χ1n) is 28.3. The minimum atomic E-state index is -0.101. The van der Waals surface area contributed by atoms with Gasteiger partial charge in [-0.3, -0.25) is 0 Å². The van der Waals surface area contributed by atoms with E-state index in [-0.39, 0.29) is 5.41 Å². The number of hydrogen-bond acceptors (Lipinski definition) is 1. The fourth-order valence-corrected chi connectivity index (χ4v) is 13.0. The highest BCUT2D eigenvalue weighted by molar-refractivity contribution is 6.10. The number of rotatable bonds is 7. The highest BCUT2D eigenvalue weighted by Crippen LogP contribution is 2.55. The molecule has 9 aromatic carbocycles. The Bertz CT molecular complexity index is 3460. The Balaban J connectivity index is 0.000000185. The molecule has 0 heterocycles. The zero-order valence-corrected chi connectivity index (χ0v) is 46.5. The highest BCUT2D eigenvalue weighted by atomic mass is 15.1. The molecule has 75 heavy (non-hydrogen) atoms. The van der Waals surface area contributed by atoms with E-state index in [0.717, 1.165) is 5.92 Å². The fraction of sp³-hybridized carbons (Fsp3) is 0.297. The summed E-state index contributed by atoms with van der Waals surface area (Å²) in [5.41, 5.74) is 26.9. The Kier molecular flexibility index (Phi) is 15.4. The molecule has 2 saturated carbocycles. The highest BCUT2D eigenvalue weighted by Gasteiger charge is 2.38. The van der Waals surface area contributed by atoms with E-state index in [1.54, 1.807) is 5.56 Å². The van der Waals surface area contributed by atoms with Crippen LogP contribution >= 0.6 is 0 Å². The molecule has 0 N–H and O–H groups in total. The van der Waals surface area contributed by atoms with Crippen LogP contribution in [-0.4, -0.2) is 0 Å². The summed E-state index contributed by atoms with van der Waals surface area (Å²) >= 11 is 0. The fourth-order valence-electron chi connectivity index (χ4n) is 13.0. The van der Waals surface area contributed by atoms with Crippen molar-refractivity contribution in [2.24, 2.45) is 0 Å². The monoisotopic (exact) mass is 982 g/mol. The van der Waals surface area contributed by atoms with Crippen molar-refractivity contribution in [2.75, 3.05) is 4.90 Å². The average Bonchev–Trinajstić information content (AvgIpc) is 3.68. The molecule has 0 aromatic heterocycles. The van der Waals surface area contributed by atoms with Crippen LogP contribution < -0.4 is 4.90 Å². The van der Waals surface area contributed by atoms with E-state index in [1.165, 1.54) is 181 Å². The Morgan fingerprint density at radius 3 is 1.41 bits per heavy atom. The summed E-state index contributed by atoms with van der Waals surface area (Å²) in [5, 5.41) is 2.62. The lowest BCUT2D eigenvalue weighted by atomic mass is 9.81. The van der Waals surface area contributed by atoms with Gasteiger partial charge in [0.05, 0.1) is 5.69 Å². The molecule has 0 atom stereocenters. The lowest BCUT2D eigenvalue weighted by molar-refractivity contribution is 0.443. The van der Waals surface area contributed by atoms with Gasteiger partial charge in [-0.05, 0) is 200 Å². The first kappa shape index (κ1) is 51.5. The number of fused-ring (bicyclic) bond motifs is 5. The SMILES string of the molecule is Cc1ccc(-c2ccccc2C)c(C)c1.Cc1ccc2c(c1)C(C)(C)c1cc(N(c3cccc(C4CCCCC4)c3)c3ccc(-c4ccccc4C)c(C)c3)c3ccccc3c1-2.Cc1cccc(C2CCCCC2)c1. The third-order valence-corrected chi connectivity index (χ3v) is 17.1. The van der Waals surface area contributed by atoms with Gasteiger partial charge in [0.2, 0.25) is 0 Å². The van der Waals surface area contributed by atoms with Gasteiger partial charge in [0.1, 0.15) is 0 Å². The van der Waals surface area contributed by atoms with Crippen LogP contribution in [0.2, 0.25) is 0 Å². The van der Waals surface area contributed by atoms with Gasteiger partial charge in [0, 0.05) is 22.2 Å². The van der Waals surface area contributed by atoms with Gasteiger partial charge in [-0.15, -0.1) is 0 Å². The van der Waals surface area contributed by atoms with Crippen molar-refractivity contribution < 1.29 is 0 Å². The third-order valence-electron chi connectivity index (χ3n) is 17.1. The maximum atomic E-state index is 2.55. The standard InChI is InChI=1S/C46H45N.C15H16.C13H18/c1-30-22-24-41-42(26-30)46(4,5)43-29-44(39-20-11-12-21-40(39)45(41)43)47(35-18-13-17-34(28-35)33-15-7-6-8-16-33)36-23-25-38(32(3)27-36)37-19-10-9-14-31(37)2;1-11-8-9-15(13(3)10-11)14-7-5-4-6-12(14)2;1-11-6-5-9-13(10-11)12-7-3-2-4-8-12/h9-14,17-29,33H,6-8,15-16H2,1-5H3;4-10H,1-3H3;5-6,9-10,12H,2-4,7-8H2,1H3. The predicted octanol–water partition coefficient (Wildman–Crippen LogP) is 21.6. The first-order chi connectivity index (χ1) is 36.3. The molecule has 0 bridgehead atoms. The van der Waals surface area contributed by atoms with Crippen LogP contribution in [0.15, 0.2) is 182 Å². The molecule has 3 aliphatic carbocycles. The molecule has 0 unspecified atom stereocenters. The van der Waals surface area contributed by atoms with Crippen LogP contribution in [0.1, 0.15) is 151 Å². The van der Waals surface area contributed by atoms with Gasteiger partial charge >= 0.3 is 0 Å². The zero-order valence-electron chi connectivity index (χ0n) is 46.5. The summed E-state index contributed by atoms with van der Waals surface area (Å²) < 4.78 is 0. The molecule has 12 rings (SSSR count). The van der Waals surface area contributed by atoms with Crippen LogP contribution in [0.3, 0.4) is 0 Å². The Hall–Kier alpha value is -6.96. The van der Waals surface area contributed by atoms with E-state index < -0.39 is 0 Å². The lowest BCUT2D eigenvalue weighted by Crippen LogP contribution is -2.17. The zero-order chi connectivity index (χ0) is 52.2. The van der Waals surface area contributed by atoms with Crippen LogP contribution in [0, 0.1) is 48.5 Å². The van der Waals surface area contributed by atoms with Gasteiger partial charge in [-0.25, -0.2) is 0 Å². The van der Waals surface area contributed by atoms with E-state index >= 15 is 0 Å². The van der Waals surface area contributed by atoms with Crippen LogP contribution in [0.4, 0.5) is 17.1 Å². The van der Waals surface area contributed by atoms with Gasteiger partial charge < -0.3 is 4.90 Å². The topological polar surface area (TPSA) is 3.24 Å². The maximum Gasteiger partial charge on any atom is 0.0543 e. The van der Waals surface area contributed by atoms with Crippen molar-refractivity contribution in [3.8, 4) is 33.4 Å². The normalized spacial score (nSPS) is 15.0. The Morgan fingerprint density at radius 2 is 0.827 bits per heavy atom. The summed E-state index contributed by atoms with van der Waals surface area (Å²) in [5.74, 6) is 1.50. The van der Waals surface area contributed by atoms with Gasteiger partial charge in [0.25, 0.3) is 0 Å². The Labute approximate surface area is 450 Å². The van der Waals surface area contributed by atoms with Crippen LogP contribution in [0.5, 0.6) is 0 Å². The number of anilines is 3. The summed E-state index contributed by atoms with van der Waals surface area (Å²) in [6.07, 6.45) is 13.7. The molecule has 3 aliphatic rings. The third kappa shape index (κ3) is 10.9. The van der Waals surface area contributed by atoms with E-state index in [0.29, 0.717) is 5.92 Å². The summed E-state index contributed by atoms with van der Waals surface area (Å²) in [6, 6.07) is 68.1. The number of hydrogen-bond donors (Lipinski definition) is 0. The second-order valence-corrected chi connectivity index (χ2v) is 23.0. The van der Waals surface area contributed by atoms with Crippen molar-refractivity contribution in [1.29, 1.82) is 0 Å². The molecular formula is C74H79N. The van der Waals surface area contributed by atoms with Gasteiger partial charge in [0.15, 0.2) is 0 Å². The first-order valence-corrected chi connectivity index (χ1v) is 28.3. The molecule has 0 saturated heterocycles. The van der Waals surface area contributed by atoms with Gasteiger partial charge in [-0.1, -0.05) is 221 Å². The molecule has 1 nitrogen and oxygen atoms in total. The number of benzene rings is 9. The second kappa shape index (κ2) is 22.5. The molecular weight excluding hydrogens is 903 g/mol. The number of aryl methyl sites for hydroxylation is 7. The van der Waals surface area contributed by atoms with Crippen molar-refractivity contribution in [2.45, 2.75) is 144 Å². The molecule has 380 valence electrons. The van der Waals surface area contributed by atoms with E-state index in [4.69, 9.17) is 0 Å². The Morgan fingerprint density at radius 1 is 0.347 bits per heavy atom. The largest absolute Gasteiger partial charge is 0.310 e. The summed E-state index contributed by atoms with van der Waals surface area (Å²) in [4.78, 5) is 2.55. The molecule has 0 spiro atoms. The molecule has 9 aromatic rings.